The standard InChI is InChI=1S/C20H31N3OS/c1-2-3-4-8-14-24-19-13-9-10-17(15-19)16-21-23-20(25)22-18-11-6-5-7-12-18/h9-10,13,15-16,18H,2-8,11-12,14H2,1H3,(H2,22,23,25)/b21-16+. The molecule has 0 saturated heterocycles. The van der Waals surface area contributed by atoms with Gasteiger partial charge >= 0.3 is 0 Å². The van der Waals surface area contributed by atoms with E-state index in [4.69, 9.17) is 17.0 Å². The first-order valence-electron chi connectivity index (χ1n) is 9.60. The van der Waals surface area contributed by atoms with E-state index in [-0.39, 0.29) is 0 Å². The minimum atomic E-state index is 0.494. The lowest BCUT2D eigenvalue weighted by atomic mass is 9.96. The molecule has 2 N–H and O–H groups in total. The molecule has 0 unspecified atom stereocenters. The van der Waals surface area contributed by atoms with Gasteiger partial charge in [-0.1, -0.05) is 57.6 Å². The third kappa shape index (κ3) is 8.34. The fourth-order valence-electron chi connectivity index (χ4n) is 3.03. The highest BCUT2D eigenvalue weighted by atomic mass is 32.1. The summed E-state index contributed by atoms with van der Waals surface area (Å²) in [5.41, 5.74) is 3.91. The third-order valence-corrected chi connectivity index (χ3v) is 4.65. The van der Waals surface area contributed by atoms with E-state index in [0.29, 0.717) is 11.2 Å². The molecule has 138 valence electrons. The van der Waals surface area contributed by atoms with Gasteiger partial charge in [-0.25, -0.2) is 0 Å². The number of hydrazone groups is 1. The number of thiocarbonyl (C=S) groups is 1. The zero-order chi connectivity index (χ0) is 17.7. The Labute approximate surface area is 157 Å². The molecule has 2 rings (SSSR count). The fourth-order valence-corrected chi connectivity index (χ4v) is 3.25. The monoisotopic (exact) mass is 361 g/mol. The first-order chi connectivity index (χ1) is 12.3. The van der Waals surface area contributed by atoms with E-state index in [1.807, 2.05) is 24.3 Å². The predicted octanol–water partition coefficient (Wildman–Crippen LogP) is 4.78. The summed E-state index contributed by atoms with van der Waals surface area (Å²) in [4.78, 5) is 0. The zero-order valence-corrected chi connectivity index (χ0v) is 16.1. The summed E-state index contributed by atoms with van der Waals surface area (Å²) >= 11 is 5.31. The summed E-state index contributed by atoms with van der Waals surface area (Å²) < 4.78 is 5.80. The molecular formula is C20H31N3OS. The average molecular weight is 362 g/mol. The van der Waals surface area contributed by atoms with E-state index in [1.165, 1.54) is 51.4 Å². The van der Waals surface area contributed by atoms with Gasteiger partial charge in [0.25, 0.3) is 0 Å². The Hall–Kier alpha value is -1.62. The number of rotatable bonds is 9. The van der Waals surface area contributed by atoms with Crippen LogP contribution in [0.4, 0.5) is 0 Å². The van der Waals surface area contributed by atoms with Crippen LogP contribution in [0, 0.1) is 0 Å². The van der Waals surface area contributed by atoms with Crippen molar-refractivity contribution in [2.45, 2.75) is 70.8 Å². The van der Waals surface area contributed by atoms with Crippen LogP contribution in [0.15, 0.2) is 29.4 Å². The van der Waals surface area contributed by atoms with Gasteiger partial charge in [-0.3, -0.25) is 5.43 Å². The second kappa shape index (κ2) is 11.9. The van der Waals surface area contributed by atoms with Gasteiger partial charge in [0.05, 0.1) is 12.8 Å². The van der Waals surface area contributed by atoms with Crippen molar-refractivity contribution >= 4 is 23.5 Å². The van der Waals surface area contributed by atoms with Crippen LogP contribution in [0.5, 0.6) is 5.75 Å². The number of benzene rings is 1. The molecule has 0 heterocycles. The Morgan fingerprint density at radius 3 is 2.88 bits per heavy atom. The predicted molar refractivity (Wildman–Crippen MR) is 109 cm³/mol. The summed E-state index contributed by atoms with van der Waals surface area (Å²) in [7, 11) is 0. The van der Waals surface area contributed by atoms with Crippen LogP contribution in [0.25, 0.3) is 0 Å². The summed E-state index contributed by atoms with van der Waals surface area (Å²) in [6, 6.07) is 8.48. The maximum atomic E-state index is 5.80. The molecule has 0 bridgehead atoms. The van der Waals surface area contributed by atoms with E-state index in [1.54, 1.807) is 6.21 Å². The molecule has 0 aliphatic heterocycles. The lowest BCUT2D eigenvalue weighted by Crippen LogP contribution is -2.40. The van der Waals surface area contributed by atoms with Gasteiger partial charge in [-0.2, -0.15) is 5.10 Å². The molecule has 1 aromatic carbocycles. The van der Waals surface area contributed by atoms with E-state index < -0.39 is 0 Å². The molecule has 0 aromatic heterocycles. The first kappa shape index (κ1) is 19.7. The zero-order valence-electron chi connectivity index (χ0n) is 15.3. The Balaban J connectivity index is 1.70. The normalized spacial score (nSPS) is 15.2. The summed E-state index contributed by atoms with van der Waals surface area (Å²) in [5, 5.41) is 8.18. The van der Waals surface area contributed by atoms with Crippen LogP contribution in [0.2, 0.25) is 0 Å². The van der Waals surface area contributed by atoms with Gasteiger partial charge in [-0.15, -0.1) is 0 Å². The smallest absolute Gasteiger partial charge is 0.187 e. The van der Waals surface area contributed by atoms with Gasteiger partial charge < -0.3 is 10.1 Å². The fraction of sp³-hybridized carbons (Fsp3) is 0.600. The lowest BCUT2D eigenvalue weighted by molar-refractivity contribution is 0.305. The van der Waals surface area contributed by atoms with E-state index in [0.717, 1.165) is 24.3 Å². The lowest BCUT2D eigenvalue weighted by Gasteiger charge is -2.23. The molecule has 1 aliphatic rings. The van der Waals surface area contributed by atoms with Crippen molar-refractivity contribution < 1.29 is 4.74 Å². The minimum absolute atomic E-state index is 0.494. The van der Waals surface area contributed by atoms with Crippen molar-refractivity contribution in [2.75, 3.05) is 6.61 Å². The Bertz CT molecular complexity index is 541. The molecule has 0 atom stereocenters. The van der Waals surface area contributed by atoms with Crippen LogP contribution < -0.4 is 15.5 Å². The molecule has 0 amide bonds. The van der Waals surface area contributed by atoms with Gasteiger partial charge in [0.2, 0.25) is 0 Å². The molecule has 4 nitrogen and oxygen atoms in total. The summed E-state index contributed by atoms with van der Waals surface area (Å²) in [5.74, 6) is 0.892. The molecule has 1 fully saturated rings. The van der Waals surface area contributed by atoms with Gasteiger partial charge in [0.1, 0.15) is 5.75 Å². The maximum Gasteiger partial charge on any atom is 0.187 e. The number of nitrogens with zero attached hydrogens (tertiary/aromatic N) is 1. The third-order valence-electron chi connectivity index (χ3n) is 4.44. The van der Waals surface area contributed by atoms with Gasteiger partial charge in [-0.05, 0) is 49.2 Å². The number of hydrogen-bond acceptors (Lipinski definition) is 3. The molecule has 1 aliphatic carbocycles. The molecular weight excluding hydrogens is 330 g/mol. The number of nitrogens with one attached hydrogen (secondary N) is 2. The second-order valence-electron chi connectivity index (χ2n) is 6.66. The second-order valence-corrected chi connectivity index (χ2v) is 7.07. The van der Waals surface area contributed by atoms with Crippen molar-refractivity contribution in [1.82, 2.24) is 10.7 Å². The molecule has 5 heteroatoms. The molecule has 0 spiro atoms. The van der Waals surface area contributed by atoms with E-state index in [9.17, 15) is 0 Å². The maximum absolute atomic E-state index is 5.80. The first-order valence-corrected chi connectivity index (χ1v) is 10.0. The summed E-state index contributed by atoms with van der Waals surface area (Å²) in [6.45, 7) is 2.99. The highest BCUT2D eigenvalue weighted by Gasteiger charge is 2.13. The van der Waals surface area contributed by atoms with Crippen molar-refractivity contribution in [3.63, 3.8) is 0 Å². The highest BCUT2D eigenvalue weighted by Crippen LogP contribution is 2.17. The molecule has 25 heavy (non-hydrogen) atoms. The van der Waals surface area contributed by atoms with Crippen molar-refractivity contribution in [2.24, 2.45) is 5.10 Å². The molecule has 1 aromatic rings. The SMILES string of the molecule is CCCCCCOc1cccc(/C=N/NC(=S)NC2CCCCC2)c1. The topological polar surface area (TPSA) is 45.6 Å². The minimum Gasteiger partial charge on any atom is -0.494 e. The summed E-state index contributed by atoms with van der Waals surface area (Å²) in [6.07, 6.45) is 12.9. The van der Waals surface area contributed by atoms with Crippen LogP contribution in [-0.2, 0) is 0 Å². The largest absolute Gasteiger partial charge is 0.494 e. The number of hydrogen-bond donors (Lipinski definition) is 2. The van der Waals surface area contributed by atoms with Crippen LogP contribution in [0.3, 0.4) is 0 Å². The van der Waals surface area contributed by atoms with Gasteiger partial charge in [0.15, 0.2) is 5.11 Å². The van der Waals surface area contributed by atoms with Crippen molar-refractivity contribution in [3.8, 4) is 5.75 Å². The highest BCUT2D eigenvalue weighted by molar-refractivity contribution is 7.80. The quantitative estimate of drug-likeness (QED) is 0.288. The molecule has 1 saturated carbocycles. The average Bonchev–Trinajstić information content (AvgIpc) is 2.63. The number of unbranched alkanes of at least 4 members (excludes halogenated alkanes) is 3. The van der Waals surface area contributed by atoms with Crippen LogP contribution in [-0.4, -0.2) is 24.0 Å². The van der Waals surface area contributed by atoms with E-state index in [2.05, 4.69) is 22.8 Å². The van der Waals surface area contributed by atoms with E-state index >= 15 is 0 Å². The Morgan fingerprint density at radius 1 is 1.24 bits per heavy atom. The Kier molecular flexibility index (Phi) is 9.34. The van der Waals surface area contributed by atoms with Crippen molar-refractivity contribution in [3.05, 3.63) is 29.8 Å². The Morgan fingerprint density at radius 2 is 2.08 bits per heavy atom. The van der Waals surface area contributed by atoms with Gasteiger partial charge in [0, 0.05) is 6.04 Å². The van der Waals surface area contributed by atoms with Crippen molar-refractivity contribution in [1.29, 1.82) is 0 Å². The number of ether oxygens (including phenoxy) is 1. The molecule has 0 radical (unpaired) electrons. The van der Waals surface area contributed by atoms with Crippen LogP contribution >= 0.6 is 12.2 Å². The van der Waals surface area contributed by atoms with Crippen LogP contribution in [0.1, 0.15) is 70.3 Å².